The van der Waals surface area contributed by atoms with Crippen LogP contribution in [0.3, 0.4) is 0 Å². The summed E-state index contributed by atoms with van der Waals surface area (Å²) in [5.41, 5.74) is 3.28. The van der Waals surface area contributed by atoms with Crippen LogP contribution in [0.2, 0.25) is 0 Å². The van der Waals surface area contributed by atoms with Crippen molar-refractivity contribution in [3.8, 4) is 11.1 Å². The van der Waals surface area contributed by atoms with E-state index in [0.29, 0.717) is 12.1 Å². The minimum absolute atomic E-state index is 0.306. The van der Waals surface area contributed by atoms with Crippen molar-refractivity contribution in [2.24, 2.45) is 11.1 Å². The van der Waals surface area contributed by atoms with Crippen molar-refractivity contribution in [2.45, 2.75) is 31.5 Å². The van der Waals surface area contributed by atoms with Gasteiger partial charge < -0.3 is 16.0 Å². The van der Waals surface area contributed by atoms with Gasteiger partial charge in [-0.2, -0.15) is 4.91 Å². The first-order chi connectivity index (χ1) is 13.3. The van der Waals surface area contributed by atoms with Gasteiger partial charge in [0.05, 0.1) is 6.17 Å². The highest BCUT2D eigenvalue weighted by atomic mass is 16.3. The van der Waals surface area contributed by atoms with Crippen LogP contribution in [0.1, 0.15) is 30.9 Å². The maximum absolute atomic E-state index is 11.4. The predicted octanol–water partition coefficient (Wildman–Crippen LogP) is 3.69. The van der Waals surface area contributed by atoms with Crippen molar-refractivity contribution in [2.75, 3.05) is 26.7 Å². The van der Waals surface area contributed by atoms with Gasteiger partial charge in [0.15, 0.2) is 0 Å². The normalized spacial score (nSPS) is 20.9. The molecule has 2 aromatic rings. The quantitative estimate of drug-likeness (QED) is 0.468. The van der Waals surface area contributed by atoms with Crippen LogP contribution in [0.15, 0.2) is 59.8 Å². The molecule has 1 saturated heterocycles. The van der Waals surface area contributed by atoms with Crippen molar-refractivity contribution in [3.63, 3.8) is 0 Å². The summed E-state index contributed by atoms with van der Waals surface area (Å²) in [6.07, 6.45) is 3.47. The molecule has 5 heteroatoms. The van der Waals surface area contributed by atoms with E-state index in [1.165, 1.54) is 6.42 Å². The zero-order valence-electron chi connectivity index (χ0n) is 16.0. The van der Waals surface area contributed by atoms with Gasteiger partial charge in [-0.15, -0.1) is 0 Å². The number of hydrogen-bond donors (Lipinski definition) is 3. The third-order valence-corrected chi connectivity index (χ3v) is 5.39. The van der Waals surface area contributed by atoms with E-state index in [-0.39, 0.29) is 6.04 Å². The average molecular weight is 367 g/mol. The average Bonchev–Trinajstić information content (AvgIpc) is 2.74. The maximum Gasteiger partial charge on any atom is 0.118 e. The van der Waals surface area contributed by atoms with Crippen LogP contribution in [-0.4, -0.2) is 32.8 Å². The molecule has 2 aromatic carbocycles. The molecule has 1 aliphatic rings. The van der Waals surface area contributed by atoms with E-state index in [1.807, 2.05) is 37.4 Å². The summed E-state index contributed by atoms with van der Waals surface area (Å²) in [6.45, 7) is 2.86. The number of nitrogens with zero attached hydrogens (tertiary/aromatic N) is 1. The molecular formula is C22H30N4O. The van der Waals surface area contributed by atoms with Gasteiger partial charge in [-0.05, 0) is 74.6 Å². The third kappa shape index (κ3) is 5.70. The fraction of sp³-hybridized carbons (Fsp3) is 0.455. The van der Waals surface area contributed by atoms with E-state index in [2.05, 4.69) is 45.4 Å². The van der Waals surface area contributed by atoms with Crippen LogP contribution in [0.25, 0.3) is 11.1 Å². The van der Waals surface area contributed by atoms with Crippen LogP contribution in [0.5, 0.6) is 0 Å². The minimum atomic E-state index is -0.306. The maximum atomic E-state index is 11.4. The van der Waals surface area contributed by atoms with Crippen LogP contribution in [0, 0.1) is 10.8 Å². The third-order valence-electron chi connectivity index (χ3n) is 5.39. The Kier molecular flexibility index (Phi) is 7.51. The largest absolute Gasteiger partial charge is 0.316 e. The Hall–Kier alpha value is -2.08. The summed E-state index contributed by atoms with van der Waals surface area (Å²) in [5.74, 6) is 0.674. The lowest BCUT2D eigenvalue weighted by Gasteiger charge is -2.30. The second-order valence-electron chi connectivity index (χ2n) is 7.29. The zero-order chi connectivity index (χ0) is 18.9. The highest BCUT2D eigenvalue weighted by Gasteiger charge is 2.20. The van der Waals surface area contributed by atoms with Crippen molar-refractivity contribution >= 4 is 0 Å². The molecule has 0 saturated carbocycles. The summed E-state index contributed by atoms with van der Waals surface area (Å²) in [7, 11) is 2.00. The number of piperidine rings is 1. The van der Waals surface area contributed by atoms with E-state index in [4.69, 9.17) is 0 Å². The van der Waals surface area contributed by atoms with Crippen molar-refractivity contribution < 1.29 is 0 Å². The van der Waals surface area contributed by atoms with Gasteiger partial charge in [-0.3, -0.25) is 0 Å². The first-order valence-electron chi connectivity index (χ1n) is 9.89. The summed E-state index contributed by atoms with van der Waals surface area (Å²) in [4.78, 5) is 11.4. The summed E-state index contributed by atoms with van der Waals surface area (Å²) < 4.78 is 0. The molecule has 0 aliphatic carbocycles. The Labute approximate surface area is 161 Å². The summed E-state index contributed by atoms with van der Waals surface area (Å²) in [6, 6.07) is 18.1. The summed E-state index contributed by atoms with van der Waals surface area (Å²) >= 11 is 0. The van der Waals surface area contributed by atoms with Gasteiger partial charge in [0.1, 0.15) is 6.04 Å². The Morgan fingerprint density at radius 2 is 1.96 bits per heavy atom. The summed E-state index contributed by atoms with van der Waals surface area (Å²) in [5, 5.41) is 13.7. The standard InChI is InChI=1S/C22H30N4O/c1-23-22-14-17(10-13-25-22)16-24-12-11-21(26-27)20-9-5-8-19(15-20)18-6-3-2-4-7-18/h2-9,15,17,21-25H,10-14,16H2,1H3. The Bertz CT molecular complexity index is 706. The second-order valence-corrected chi connectivity index (χ2v) is 7.29. The Balaban J connectivity index is 1.51. The number of rotatable bonds is 9. The molecule has 0 bridgehead atoms. The lowest BCUT2D eigenvalue weighted by atomic mass is 9.95. The van der Waals surface area contributed by atoms with Crippen LogP contribution in [0.4, 0.5) is 0 Å². The van der Waals surface area contributed by atoms with Gasteiger partial charge in [0.25, 0.3) is 0 Å². The first-order valence-corrected chi connectivity index (χ1v) is 9.89. The zero-order valence-corrected chi connectivity index (χ0v) is 16.0. The Morgan fingerprint density at radius 1 is 1.15 bits per heavy atom. The molecule has 1 fully saturated rings. The molecule has 0 spiro atoms. The van der Waals surface area contributed by atoms with Gasteiger partial charge in [0, 0.05) is 0 Å². The second kappa shape index (κ2) is 10.3. The molecule has 1 heterocycles. The molecule has 3 N–H and O–H groups in total. The number of nitroso groups, excluding NO2 is 1. The number of benzene rings is 2. The predicted molar refractivity (Wildman–Crippen MR) is 111 cm³/mol. The SMILES string of the molecule is CNC1CC(CNCCC(N=O)c2cccc(-c3ccccc3)c2)CCN1. The lowest BCUT2D eigenvalue weighted by Crippen LogP contribution is -2.47. The number of hydrogen-bond acceptors (Lipinski definition) is 5. The van der Waals surface area contributed by atoms with Crippen LogP contribution < -0.4 is 16.0 Å². The first kappa shape index (κ1) is 19.7. The molecule has 1 aliphatic heterocycles. The van der Waals surface area contributed by atoms with E-state index in [1.54, 1.807) is 0 Å². The molecule has 3 atom stereocenters. The minimum Gasteiger partial charge on any atom is -0.316 e. The molecule has 0 amide bonds. The van der Waals surface area contributed by atoms with E-state index in [0.717, 1.165) is 49.2 Å². The van der Waals surface area contributed by atoms with Crippen molar-refractivity contribution in [1.29, 1.82) is 0 Å². The highest BCUT2D eigenvalue weighted by Crippen LogP contribution is 2.26. The molecule has 5 nitrogen and oxygen atoms in total. The fourth-order valence-electron chi connectivity index (χ4n) is 3.78. The highest BCUT2D eigenvalue weighted by molar-refractivity contribution is 5.64. The molecule has 3 unspecified atom stereocenters. The lowest BCUT2D eigenvalue weighted by molar-refractivity contribution is 0.270. The molecule has 27 heavy (non-hydrogen) atoms. The van der Waals surface area contributed by atoms with Crippen LogP contribution >= 0.6 is 0 Å². The number of nitrogens with one attached hydrogen (secondary N) is 3. The molecule has 3 rings (SSSR count). The molecule has 0 radical (unpaired) electrons. The molecular weight excluding hydrogens is 336 g/mol. The van der Waals surface area contributed by atoms with Gasteiger partial charge in [-0.1, -0.05) is 53.7 Å². The topological polar surface area (TPSA) is 65.5 Å². The van der Waals surface area contributed by atoms with E-state index in [9.17, 15) is 4.91 Å². The monoisotopic (exact) mass is 366 g/mol. The fourth-order valence-corrected chi connectivity index (χ4v) is 3.78. The van der Waals surface area contributed by atoms with E-state index >= 15 is 0 Å². The van der Waals surface area contributed by atoms with Gasteiger partial charge in [-0.25, -0.2) is 0 Å². The Morgan fingerprint density at radius 3 is 2.74 bits per heavy atom. The van der Waals surface area contributed by atoms with Gasteiger partial charge >= 0.3 is 0 Å². The van der Waals surface area contributed by atoms with Crippen LogP contribution in [-0.2, 0) is 0 Å². The van der Waals surface area contributed by atoms with Crippen molar-refractivity contribution in [1.82, 2.24) is 16.0 Å². The molecule has 144 valence electrons. The van der Waals surface area contributed by atoms with Gasteiger partial charge in [0.2, 0.25) is 0 Å². The van der Waals surface area contributed by atoms with Crippen molar-refractivity contribution in [3.05, 3.63) is 65.1 Å². The smallest absolute Gasteiger partial charge is 0.118 e. The van der Waals surface area contributed by atoms with E-state index < -0.39 is 0 Å². The molecule has 0 aromatic heterocycles.